The monoisotopic (exact) mass is 333 g/mol. The fraction of sp³-hybridized carbons (Fsp3) is 0.778. The van der Waals surface area contributed by atoms with Gasteiger partial charge in [-0.05, 0) is 58.2 Å². The molecule has 1 spiro atoms. The summed E-state index contributed by atoms with van der Waals surface area (Å²) >= 11 is 0. The Labute approximate surface area is 145 Å². The second-order valence-corrected chi connectivity index (χ2v) is 7.70. The number of aromatic nitrogens is 2. The maximum Gasteiger partial charge on any atom is 0.323 e. The number of carbonyl (C=O) groups excluding carboxylic acids is 1. The molecule has 1 aromatic rings. The molecule has 1 aromatic heterocycles. The van der Waals surface area contributed by atoms with Crippen molar-refractivity contribution in [2.45, 2.75) is 52.0 Å². The molecule has 2 aliphatic heterocycles. The topological polar surface area (TPSA) is 53.4 Å². The fourth-order valence-corrected chi connectivity index (χ4v) is 4.10. The van der Waals surface area contributed by atoms with Crippen LogP contribution in [0.2, 0.25) is 0 Å². The lowest BCUT2D eigenvalue weighted by molar-refractivity contribution is 0.129. The molecule has 0 bridgehead atoms. The largest absolute Gasteiger partial charge is 0.324 e. The van der Waals surface area contributed by atoms with Crippen LogP contribution in [-0.2, 0) is 0 Å². The fourth-order valence-electron chi connectivity index (χ4n) is 4.10. The number of hydrogen-bond acceptors (Lipinski definition) is 3. The number of carbonyl (C=O) groups is 1. The van der Waals surface area contributed by atoms with E-state index in [1.807, 2.05) is 15.6 Å². The van der Waals surface area contributed by atoms with Crippen molar-refractivity contribution in [2.75, 3.05) is 38.5 Å². The molecule has 6 nitrogen and oxygen atoms in total. The molecule has 134 valence electrons. The molecular formula is C18H31N5O. The van der Waals surface area contributed by atoms with Crippen molar-refractivity contribution >= 4 is 11.8 Å². The van der Waals surface area contributed by atoms with Gasteiger partial charge >= 0.3 is 6.03 Å². The minimum atomic E-state index is 0.0243. The quantitative estimate of drug-likeness (QED) is 0.920. The van der Waals surface area contributed by atoms with Gasteiger partial charge in [-0.1, -0.05) is 13.3 Å². The summed E-state index contributed by atoms with van der Waals surface area (Å²) in [6, 6.07) is 2.22. The zero-order valence-corrected chi connectivity index (χ0v) is 15.3. The van der Waals surface area contributed by atoms with E-state index in [0.717, 1.165) is 51.3 Å². The molecule has 1 N–H and O–H groups in total. The van der Waals surface area contributed by atoms with E-state index in [-0.39, 0.29) is 6.03 Å². The minimum absolute atomic E-state index is 0.0243. The highest BCUT2D eigenvalue weighted by Gasteiger charge is 2.41. The molecule has 2 saturated heterocycles. The van der Waals surface area contributed by atoms with Gasteiger partial charge in [0.15, 0.2) is 0 Å². The van der Waals surface area contributed by atoms with Crippen LogP contribution in [0.1, 0.15) is 52.0 Å². The maximum atomic E-state index is 12.7. The standard InChI is InChI=1S/C18H31N5O/c1-4-5-15(2)23-16(6-10-19-23)20-17(24)22-13-9-18(14-22)7-11-21(3)12-8-18/h6,10,15H,4-5,7-9,11-14H2,1-3H3,(H,20,24). The predicted octanol–water partition coefficient (Wildman–Crippen LogP) is 3.19. The number of nitrogens with one attached hydrogen (secondary N) is 1. The van der Waals surface area contributed by atoms with Crippen LogP contribution in [0.15, 0.2) is 12.3 Å². The lowest BCUT2D eigenvalue weighted by atomic mass is 9.78. The summed E-state index contributed by atoms with van der Waals surface area (Å²) in [5.41, 5.74) is 0.347. The van der Waals surface area contributed by atoms with Crippen LogP contribution in [0.5, 0.6) is 0 Å². The molecule has 0 radical (unpaired) electrons. The summed E-state index contributed by atoms with van der Waals surface area (Å²) in [6.45, 7) is 8.38. The van der Waals surface area contributed by atoms with Gasteiger partial charge in [-0.15, -0.1) is 0 Å². The van der Waals surface area contributed by atoms with Crippen molar-refractivity contribution in [3.05, 3.63) is 12.3 Å². The second-order valence-electron chi connectivity index (χ2n) is 7.70. The zero-order chi connectivity index (χ0) is 17.2. The third-order valence-electron chi connectivity index (χ3n) is 5.80. The molecule has 0 saturated carbocycles. The highest BCUT2D eigenvalue weighted by molar-refractivity contribution is 5.88. The number of urea groups is 1. The number of anilines is 1. The molecule has 0 aliphatic carbocycles. The second kappa shape index (κ2) is 7.13. The first-order valence-electron chi connectivity index (χ1n) is 9.31. The smallest absolute Gasteiger partial charge is 0.323 e. The van der Waals surface area contributed by atoms with Gasteiger partial charge in [0.05, 0.1) is 12.2 Å². The van der Waals surface area contributed by atoms with Crippen molar-refractivity contribution in [2.24, 2.45) is 5.41 Å². The number of hydrogen-bond donors (Lipinski definition) is 1. The summed E-state index contributed by atoms with van der Waals surface area (Å²) in [5, 5.41) is 7.46. The number of nitrogens with zero attached hydrogens (tertiary/aromatic N) is 4. The third kappa shape index (κ3) is 3.58. The average molecular weight is 333 g/mol. The highest BCUT2D eigenvalue weighted by Crippen LogP contribution is 2.40. The highest BCUT2D eigenvalue weighted by atomic mass is 16.2. The lowest BCUT2D eigenvalue weighted by Crippen LogP contribution is -2.41. The van der Waals surface area contributed by atoms with Crippen LogP contribution in [-0.4, -0.2) is 58.8 Å². The predicted molar refractivity (Wildman–Crippen MR) is 96.2 cm³/mol. The van der Waals surface area contributed by atoms with Gasteiger partial charge in [-0.3, -0.25) is 5.32 Å². The normalized spacial score (nSPS) is 22.0. The number of likely N-dealkylation sites (tertiary alicyclic amines) is 2. The molecule has 0 aromatic carbocycles. The van der Waals surface area contributed by atoms with Crippen LogP contribution < -0.4 is 5.32 Å². The Kier molecular flexibility index (Phi) is 5.13. The van der Waals surface area contributed by atoms with Crippen molar-refractivity contribution < 1.29 is 4.79 Å². The van der Waals surface area contributed by atoms with E-state index in [4.69, 9.17) is 0 Å². The van der Waals surface area contributed by atoms with Crippen molar-refractivity contribution in [1.29, 1.82) is 0 Å². The molecule has 2 fully saturated rings. The number of rotatable bonds is 4. The van der Waals surface area contributed by atoms with Gasteiger partial charge < -0.3 is 9.80 Å². The summed E-state index contributed by atoms with van der Waals surface area (Å²) in [7, 11) is 2.19. The van der Waals surface area contributed by atoms with E-state index in [9.17, 15) is 4.79 Å². The first kappa shape index (κ1) is 17.3. The van der Waals surface area contributed by atoms with Gasteiger partial charge in [0.25, 0.3) is 0 Å². The Morgan fingerprint density at radius 2 is 2.04 bits per heavy atom. The summed E-state index contributed by atoms with van der Waals surface area (Å²) in [4.78, 5) is 17.1. The van der Waals surface area contributed by atoms with Crippen molar-refractivity contribution in [3.63, 3.8) is 0 Å². The van der Waals surface area contributed by atoms with Crippen LogP contribution in [0.4, 0.5) is 10.6 Å². The third-order valence-corrected chi connectivity index (χ3v) is 5.80. The van der Waals surface area contributed by atoms with E-state index in [0.29, 0.717) is 11.5 Å². The van der Waals surface area contributed by atoms with Crippen LogP contribution in [0.25, 0.3) is 0 Å². The van der Waals surface area contributed by atoms with E-state index >= 15 is 0 Å². The lowest BCUT2D eigenvalue weighted by Gasteiger charge is -2.37. The van der Waals surface area contributed by atoms with Gasteiger partial charge in [0, 0.05) is 19.2 Å². The summed E-state index contributed by atoms with van der Waals surface area (Å²) in [5.74, 6) is 0.810. The SMILES string of the molecule is CCCC(C)n1nccc1NC(=O)N1CCC2(CCN(C)CC2)C1. The maximum absolute atomic E-state index is 12.7. The van der Waals surface area contributed by atoms with E-state index < -0.39 is 0 Å². The average Bonchev–Trinajstić information content (AvgIpc) is 3.18. The van der Waals surface area contributed by atoms with Gasteiger partial charge in [0.1, 0.15) is 5.82 Å². The Morgan fingerprint density at radius 3 is 2.75 bits per heavy atom. The Morgan fingerprint density at radius 1 is 1.33 bits per heavy atom. The van der Waals surface area contributed by atoms with Crippen molar-refractivity contribution in [1.82, 2.24) is 19.6 Å². The molecule has 24 heavy (non-hydrogen) atoms. The van der Waals surface area contributed by atoms with E-state index in [2.05, 4.69) is 36.2 Å². The molecule has 2 aliphatic rings. The van der Waals surface area contributed by atoms with E-state index in [1.165, 1.54) is 12.8 Å². The molecule has 1 atom stereocenters. The molecule has 2 amide bonds. The first-order chi connectivity index (χ1) is 11.5. The van der Waals surface area contributed by atoms with Crippen LogP contribution in [0, 0.1) is 5.41 Å². The Hall–Kier alpha value is -1.56. The van der Waals surface area contributed by atoms with Crippen LogP contribution in [0.3, 0.4) is 0 Å². The molecule has 3 heterocycles. The molecule has 3 rings (SSSR count). The molecule has 6 heteroatoms. The summed E-state index contributed by atoms with van der Waals surface area (Å²) in [6.07, 6.45) is 7.49. The first-order valence-corrected chi connectivity index (χ1v) is 9.31. The molecule has 1 unspecified atom stereocenters. The van der Waals surface area contributed by atoms with Crippen LogP contribution >= 0.6 is 0 Å². The zero-order valence-electron chi connectivity index (χ0n) is 15.3. The van der Waals surface area contributed by atoms with Crippen molar-refractivity contribution in [3.8, 4) is 0 Å². The minimum Gasteiger partial charge on any atom is -0.324 e. The van der Waals surface area contributed by atoms with Gasteiger partial charge in [0.2, 0.25) is 0 Å². The number of piperidine rings is 1. The number of amides is 2. The van der Waals surface area contributed by atoms with Gasteiger partial charge in [-0.25, -0.2) is 9.48 Å². The van der Waals surface area contributed by atoms with E-state index in [1.54, 1.807) is 6.20 Å². The van der Waals surface area contributed by atoms with Gasteiger partial charge in [-0.2, -0.15) is 5.10 Å². The Bertz CT molecular complexity index is 562. The summed E-state index contributed by atoms with van der Waals surface area (Å²) < 4.78 is 1.93. The Balaban J connectivity index is 1.60. The molecular weight excluding hydrogens is 302 g/mol.